The zero-order chi connectivity index (χ0) is 15.3. The molecule has 8 heteroatoms. The van der Waals surface area contributed by atoms with Crippen molar-refractivity contribution in [1.29, 1.82) is 0 Å². The average Bonchev–Trinajstić information content (AvgIpc) is 2.33. The highest BCUT2D eigenvalue weighted by molar-refractivity contribution is 7.92. The van der Waals surface area contributed by atoms with Crippen LogP contribution in [0.4, 0.5) is 10.1 Å². The number of sulfonamides is 1. The molecule has 0 radical (unpaired) electrons. The third-order valence-electron chi connectivity index (χ3n) is 2.21. The maximum absolute atomic E-state index is 12.9. The number of benzene rings is 1. The number of halogens is 1. The lowest BCUT2D eigenvalue weighted by atomic mass is 10.3. The highest BCUT2D eigenvalue weighted by Gasteiger charge is 2.20. The Labute approximate surface area is 117 Å². The fourth-order valence-electron chi connectivity index (χ4n) is 1.35. The number of amides is 1. The number of carbonyl (C=O) groups is 1. The van der Waals surface area contributed by atoms with Crippen LogP contribution < -0.4 is 9.73 Å². The first-order chi connectivity index (χ1) is 9.20. The number of carbonyl (C=O) groups excluding carboxylic acids is 1. The molecule has 6 nitrogen and oxygen atoms in total. The zero-order valence-electron chi connectivity index (χ0n) is 11.4. The van der Waals surface area contributed by atoms with Crippen LogP contribution in [0.2, 0.25) is 0 Å². The van der Waals surface area contributed by atoms with Gasteiger partial charge in [0.15, 0.2) is 0 Å². The third kappa shape index (κ3) is 4.96. The zero-order valence-corrected chi connectivity index (χ0v) is 12.2. The molecule has 0 aliphatic heterocycles. The summed E-state index contributed by atoms with van der Waals surface area (Å²) in [5.74, 6) is -1.07. The molecule has 0 fully saturated rings. The predicted molar refractivity (Wildman–Crippen MR) is 75.5 cm³/mol. The fraction of sp³-hybridized carbons (Fsp3) is 0.333. The van der Waals surface area contributed by atoms with Gasteiger partial charge in [-0.15, -0.1) is 0 Å². The monoisotopic (exact) mass is 301 g/mol. The van der Waals surface area contributed by atoms with Gasteiger partial charge >= 0.3 is 0 Å². The lowest BCUT2D eigenvalue weighted by Crippen LogP contribution is -2.39. The first kappa shape index (κ1) is 16.1. The van der Waals surface area contributed by atoms with E-state index in [1.54, 1.807) is 13.8 Å². The van der Waals surface area contributed by atoms with Crippen molar-refractivity contribution in [3.8, 4) is 0 Å². The van der Waals surface area contributed by atoms with Crippen molar-refractivity contribution in [2.45, 2.75) is 13.8 Å². The molecule has 0 bridgehead atoms. The molecule has 0 aliphatic rings. The third-order valence-corrected chi connectivity index (χ3v) is 3.35. The van der Waals surface area contributed by atoms with Crippen LogP contribution in [0.25, 0.3) is 0 Å². The van der Waals surface area contributed by atoms with E-state index in [9.17, 15) is 17.6 Å². The molecule has 1 N–H and O–H groups in total. The summed E-state index contributed by atoms with van der Waals surface area (Å²) >= 11 is 0. The molecule has 1 aromatic carbocycles. The van der Waals surface area contributed by atoms with Gasteiger partial charge in [-0.2, -0.15) is 5.10 Å². The number of anilines is 1. The maximum atomic E-state index is 12.9. The van der Waals surface area contributed by atoms with Crippen molar-refractivity contribution >= 4 is 27.3 Å². The smallest absolute Gasteiger partial charge is 0.260 e. The molecule has 0 aliphatic carbocycles. The summed E-state index contributed by atoms with van der Waals surface area (Å²) in [7, 11) is -3.66. The second-order valence-corrected chi connectivity index (χ2v) is 6.25. The van der Waals surface area contributed by atoms with E-state index in [1.165, 1.54) is 12.1 Å². The molecular formula is C12H16FN3O3S. The Hall–Kier alpha value is -1.96. The van der Waals surface area contributed by atoms with Gasteiger partial charge in [-0.25, -0.2) is 18.2 Å². The Morgan fingerprint density at radius 1 is 1.30 bits per heavy atom. The van der Waals surface area contributed by atoms with E-state index in [1.807, 2.05) is 0 Å². The van der Waals surface area contributed by atoms with E-state index >= 15 is 0 Å². The summed E-state index contributed by atoms with van der Waals surface area (Å²) < 4.78 is 37.1. The summed E-state index contributed by atoms with van der Waals surface area (Å²) in [5, 5.41) is 3.70. The molecule has 0 spiro atoms. The van der Waals surface area contributed by atoms with E-state index in [2.05, 4.69) is 10.5 Å². The molecule has 0 saturated heterocycles. The first-order valence-electron chi connectivity index (χ1n) is 5.73. The second-order valence-electron chi connectivity index (χ2n) is 4.34. The van der Waals surface area contributed by atoms with Gasteiger partial charge in [-0.3, -0.25) is 9.10 Å². The van der Waals surface area contributed by atoms with Crippen molar-refractivity contribution in [3.63, 3.8) is 0 Å². The van der Waals surface area contributed by atoms with Gasteiger partial charge in [0.1, 0.15) is 12.4 Å². The molecule has 0 unspecified atom stereocenters. The minimum atomic E-state index is -3.66. The number of hydrogen-bond donors (Lipinski definition) is 1. The van der Waals surface area contributed by atoms with Crippen molar-refractivity contribution in [3.05, 3.63) is 30.1 Å². The Balaban J connectivity index is 2.95. The molecule has 110 valence electrons. The van der Waals surface area contributed by atoms with Crippen molar-refractivity contribution in [2.24, 2.45) is 5.10 Å². The van der Waals surface area contributed by atoms with Gasteiger partial charge in [0.05, 0.1) is 11.9 Å². The molecular weight excluding hydrogens is 285 g/mol. The predicted octanol–water partition coefficient (Wildman–Crippen LogP) is 1.10. The Morgan fingerprint density at radius 2 is 1.85 bits per heavy atom. The molecule has 1 rings (SSSR count). The van der Waals surface area contributed by atoms with Gasteiger partial charge in [-0.1, -0.05) is 0 Å². The normalized spacial score (nSPS) is 10.8. The van der Waals surface area contributed by atoms with Crippen LogP contribution in [0.3, 0.4) is 0 Å². The Kier molecular flexibility index (Phi) is 5.20. The van der Waals surface area contributed by atoms with Crippen molar-refractivity contribution in [1.82, 2.24) is 5.43 Å². The Morgan fingerprint density at radius 3 is 2.30 bits per heavy atom. The molecule has 0 saturated carbocycles. The highest BCUT2D eigenvalue weighted by Crippen LogP contribution is 2.17. The van der Waals surface area contributed by atoms with E-state index in [0.29, 0.717) is 5.71 Å². The fourth-order valence-corrected chi connectivity index (χ4v) is 2.20. The number of rotatable bonds is 5. The van der Waals surface area contributed by atoms with Crippen LogP contribution in [-0.4, -0.2) is 32.8 Å². The molecule has 1 aromatic rings. The van der Waals surface area contributed by atoms with Crippen LogP contribution in [-0.2, 0) is 14.8 Å². The van der Waals surface area contributed by atoms with Gasteiger partial charge in [0.2, 0.25) is 10.0 Å². The van der Waals surface area contributed by atoms with Crippen molar-refractivity contribution in [2.75, 3.05) is 17.1 Å². The van der Waals surface area contributed by atoms with Gasteiger partial charge in [-0.05, 0) is 38.1 Å². The van der Waals surface area contributed by atoms with Gasteiger partial charge in [0.25, 0.3) is 5.91 Å². The summed E-state index contributed by atoms with van der Waals surface area (Å²) in [5.41, 5.74) is 3.07. The molecule has 1 amide bonds. The van der Waals surface area contributed by atoms with E-state index < -0.39 is 28.3 Å². The van der Waals surface area contributed by atoms with Crippen LogP contribution in [0.15, 0.2) is 29.4 Å². The average molecular weight is 301 g/mol. The number of hydrogen-bond acceptors (Lipinski definition) is 4. The largest absolute Gasteiger partial charge is 0.271 e. The SMILES string of the molecule is CC(C)=NNC(=O)CN(c1ccc(F)cc1)S(C)(=O)=O. The van der Waals surface area contributed by atoms with E-state index in [0.717, 1.165) is 22.7 Å². The lowest BCUT2D eigenvalue weighted by molar-refractivity contribution is -0.119. The second kappa shape index (κ2) is 6.47. The lowest BCUT2D eigenvalue weighted by Gasteiger charge is -2.21. The molecule has 0 heterocycles. The van der Waals surface area contributed by atoms with Crippen molar-refractivity contribution < 1.29 is 17.6 Å². The minimum absolute atomic E-state index is 0.209. The van der Waals surface area contributed by atoms with E-state index in [-0.39, 0.29) is 5.69 Å². The summed E-state index contributed by atoms with van der Waals surface area (Å²) in [6, 6.07) is 4.83. The van der Waals surface area contributed by atoms with E-state index in [4.69, 9.17) is 0 Å². The Bertz CT molecular complexity index is 607. The standard InChI is InChI=1S/C12H16FN3O3S/c1-9(2)14-15-12(17)8-16(20(3,18)19)11-6-4-10(13)5-7-11/h4-7H,8H2,1-3H3,(H,15,17). The summed E-state index contributed by atoms with van der Waals surface area (Å²) in [6.45, 7) is 2.95. The summed E-state index contributed by atoms with van der Waals surface area (Å²) in [4.78, 5) is 11.6. The molecule has 0 aromatic heterocycles. The molecule has 0 atom stereocenters. The first-order valence-corrected chi connectivity index (χ1v) is 7.58. The minimum Gasteiger partial charge on any atom is -0.271 e. The van der Waals surface area contributed by atoms with Crippen LogP contribution >= 0.6 is 0 Å². The number of nitrogens with one attached hydrogen (secondary N) is 1. The topological polar surface area (TPSA) is 78.8 Å². The maximum Gasteiger partial charge on any atom is 0.260 e. The van der Waals surface area contributed by atoms with Gasteiger partial charge < -0.3 is 0 Å². The summed E-state index contributed by atoms with van der Waals surface area (Å²) in [6.07, 6.45) is 0.970. The molecule has 20 heavy (non-hydrogen) atoms. The van der Waals surface area contributed by atoms with Crippen LogP contribution in [0.1, 0.15) is 13.8 Å². The van der Waals surface area contributed by atoms with Gasteiger partial charge in [0, 0.05) is 5.71 Å². The van der Waals surface area contributed by atoms with Crippen LogP contribution in [0, 0.1) is 5.82 Å². The highest BCUT2D eigenvalue weighted by atomic mass is 32.2. The number of hydrazone groups is 1. The number of nitrogens with zero attached hydrogens (tertiary/aromatic N) is 2. The van der Waals surface area contributed by atoms with Crippen LogP contribution in [0.5, 0.6) is 0 Å². The quantitative estimate of drug-likeness (QED) is 0.653.